The van der Waals surface area contributed by atoms with Crippen LogP contribution < -0.4 is 0 Å². The normalized spacial score (nSPS) is 15.0. The third-order valence-electron chi connectivity index (χ3n) is 6.67. The van der Waals surface area contributed by atoms with E-state index in [9.17, 15) is 8.42 Å². The molecular weight excluding hydrogens is 428 g/mol. The highest BCUT2D eigenvalue weighted by atomic mass is 32.2. The Kier molecular flexibility index (Phi) is 5.42. The zero-order valence-corrected chi connectivity index (χ0v) is 20.3. The number of nitrogens with zero attached hydrogens (tertiary/aromatic N) is 2. The summed E-state index contributed by atoms with van der Waals surface area (Å²) in [4.78, 5) is 0.368. The van der Waals surface area contributed by atoms with Crippen molar-refractivity contribution in [3.05, 3.63) is 101 Å². The molecule has 0 saturated carbocycles. The number of hydrogen-bond donors (Lipinski definition) is 0. The van der Waals surface area contributed by atoms with Gasteiger partial charge in [0.15, 0.2) is 0 Å². The lowest BCUT2D eigenvalue weighted by atomic mass is 9.87. The second-order valence-electron chi connectivity index (χ2n) is 9.88. The first-order chi connectivity index (χ1) is 15.7. The van der Waals surface area contributed by atoms with Crippen LogP contribution in [0.4, 0.5) is 0 Å². The van der Waals surface area contributed by atoms with Gasteiger partial charge in [0.2, 0.25) is 10.0 Å². The van der Waals surface area contributed by atoms with Crippen LogP contribution in [0.15, 0.2) is 83.8 Å². The van der Waals surface area contributed by atoms with Gasteiger partial charge >= 0.3 is 0 Å². The molecule has 0 spiro atoms. The molecule has 3 aromatic carbocycles. The van der Waals surface area contributed by atoms with Crippen LogP contribution >= 0.6 is 0 Å². The molecule has 1 aromatic heterocycles. The van der Waals surface area contributed by atoms with Crippen molar-refractivity contribution in [1.82, 2.24) is 8.87 Å². The Hall–Kier alpha value is -2.89. The minimum Gasteiger partial charge on any atom is -0.340 e. The average molecular weight is 459 g/mol. The molecule has 2 heterocycles. The number of fused-ring (bicyclic) bond motifs is 3. The first-order valence-corrected chi connectivity index (χ1v) is 12.9. The minimum absolute atomic E-state index is 0.0110. The van der Waals surface area contributed by atoms with Gasteiger partial charge in [-0.3, -0.25) is 0 Å². The highest BCUT2D eigenvalue weighted by molar-refractivity contribution is 7.89. The van der Waals surface area contributed by atoms with Crippen molar-refractivity contribution < 1.29 is 8.42 Å². The summed E-state index contributed by atoms with van der Waals surface area (Å²) in [5.74, 6) is 0. The second-order valence-corrected chi connectivity index (χ2v) is 11.8. The summed E-state index contributed by atoms with van der Waals surface area (Å²) in [7, 11) is -3.56. The lowest BCUT2D eigenvalue weighted by Crippen LogP contribution is -2.36. The van der Waals surface area contributed by atoms with E-state index >= 15 is 0 Å². The van der Waals surface area contributed by atoms with Crippen LogP contribution in [0, 0.1) is 0 Å². The number of para-hydroxylation sites is 1. The van der Waals surface area contributed by atoms with Gasteiger partial charge in [-0.2, -0.15) is 4.31 Å². The third kappa shape index (κ3) is 4.00. The number of rotatable bonds is 4. The molecule has 0 fully saturated rings. The predicted molar refractivity (Wildman–Crippen MR) is 134 cm³/mol. The summed E-state index contributed by atoms with van der Waals surface area (Å²) in [5, 5.41) is 1.14. The lowest BCUT2D eigenvalue weighted by Gasteiger charge is -2.28. The van der Waals surface area contributed by atoms with Gasteiger partial charge in [0, 0.05) is 42.7 Å². The van der Waals surface area contributed by atoms with Crippen molar-refractivity contribution in [1.29, 1.82) is 0 Å². The molecule has 5 rings (SSSR count). The SMILES string of the molecule is CC(C)(C)c1ccc(S(=O)(=O)N2CCc3c(c4ccccc4n3Cc3ccccc3)C2)cc1. The summed E-state index contributed by atoms with van der Waals surface area (Å²) in [5.41, 5.74) is 5.90. The Morgan fingerprint density at radius 2 is 1.52 bits per heavy atom. The third-order valence-corrected chi connectivity index (χ3v) is 8.53. The quantitative estimate of drug-likeness (QED) is 0.392. The summed E-state index contributed by atoms with van der Waals surface area (Å²) < 4.78 is 31.0. The Morgan fingerprint density at radius 3 is 2.21 bits per heavy atom. The molecule has 0 radical (unpaired) electrons. The summed E-state index contributed by atoms with van der Waals surface area (Å²) in [6.45, 7) is 8.08. The van der Waals surface area contributed by atoms with Crippen LogP contribution in [0.2, 0.25) is 0 Å². The zero-order valence-electron chi connectivity index (χ0n) is 19.5. The molecule has 0 atom stereocenters. The fourth-order valence-corrected chi connectivity index (χ4v) is 6.21. The van der Waals surface area contributed by atoms with Crippen LogP contribution in [0.5, 0.6) is 0 Å². The average Bonchev–Trinajstić information content (AvgIpc) is 3.12. The van der Waals surface area contributed by atoms with Gasteiger partial charge in [0.05, 0.1) is 4.90 Å². The molecule has 5 heteroatoms. The van der Waals surface area contributed by atoms with E-state index in [0.29, 0.717) is 24.4 Å². The molecule has 1 aliphatic rings. The van der Waals surface area contributed by atoms with E-state index in [1.54, 1.807) is 16.4 Å². The van der Waals surface area contributed by atoms with E-state index in [0.717, 1.165) is 23.1 Å². The minimum atomic E-state index is -3.56. The second kappa shape index (κ2) is 8.15. The standard InChI is InChI=1S/C28H30N2O2S/c1-28(2,3)22-13-15-23(16-14-22)33(31,32)29-18-17-27-25(20-29)24-11-7-8-12-26(24)30(27)19-21-9-5-4-6-10-21/h4-16H,17-20H2,1-3H3. The molecular formula is C28H30N2O2S. The Bertz CT molecular complexity index is 1400. The highest BCUT2D eigenvalue weighted by Crippen LogP contribution is 2.34. The van der Waals surface area contributed by atoms with Gasteiger partial charge in [-0.05, 0) is 40.3 Å². The van der Waals surface area contributed by atoms with E-state index < -0.39 is 10.0 Å². The van der Waals surface area contributed by atoms with Crippen molar-refractivity contribution in [2.75, 3.05) is 6.54 Å². The van der Waals surface area contributed by atoms with E-state index in [1.165, 1.54) is 16.8 Å². The number of benzene rings is 3. The molecule has 1 aliphatic heterocycles. The Morgan fingerprint density at radius 1 is 0.848 bits per heavy atom. The molecule has 0 N–H and O–H groups in total. The largest absolute Gasteiger partial charge is 0.340 e. The van der Waals surface area contributed by atoms with Crippen LogP contribution in [0.1, 0.15) is 43.2 Å². The summed E-state index contributed by atoms with van der Waals surface area (Å²) in [6, 6.07) is 26.2. The smallest absolute Gasteiger partial charge is 0.243 e. The highest BCUT2D eigenvalue weighted by Gasteiger charge is 2.32. The number of aromatic nitrogens is 1. The van der Waals surface area contributed by atoms with Crippen LogP contribution in [0.25, 0.3) is 10.9 Å². The summed E-state index contributed by atoms with van der Waals surface area (Å²) >= 11 is 0. The summed E-state index contributed by atoms with van der Waals surface area (Å²) in [6.07, 6.45) is 0.705. The Labute approximate surface area is 196 Å². The predicted octanol–water partition coefficient (Wildman–Crippen LogP) is 5.73. The van der Waals surface area contributed by atoms with Gasteiger partial charge in [0.1, 0.15) is 0 Å². The number of sulfonamides is 1. The maximum atomic E-state index is 13.5. The van der Waals surface area contributed by atoms with E-state index in [1.807, 2.05) is 24.3 Å². The van der Waals surface area contributed by atoms with Crippen LogP contribution in [-0.4, -0.2) is 23.8 Å². The van der Waals surface area contributed by atoms with Gasteiger partial charge in [-0.25, -0.2) is 8.42 Å². The van der Waals surface area contributed by atoms with Gasteiger partial charge < -0.3 is 4.57 Å². The van der Waals surface area contributed by atoms with Crippen LogP contribution in [-0.2, 0) is 34.9 Å². The van der Waals surface area contributed by atoms with E-state index in [4.69, 9.17) is 0 Å². The molecule has 4 aromatic rings. The van der Waals surface area contributed by atoms with Crippen molar-refractivity contribution >= 4 is 20.9 Å². The molecule has 0 amide bonds. The van der Waals surface area contributed by atoms with Crippen molar-refractivity contribution in [2.45, 2.75) is 50.6 Å². The fraction of sp³-hybridized carbons (Fsp3) is 0.286. The van der Waals surface area contributed by atoms with Crippen molar-refractivity contribution in [2.24, 2.45) is 0 Å². The van der Waals surface area contributed by atoms with Gasteiger partial charge in [0.25, 0.3) is 0 Å². The molecule has 0 aliphatic carbocycles. The first-order valence-electron chi connectivity index (χ1n) is 11.5. The monoisotopic (exact) mass is 458 g/mol. The maximum absolute atomic E-state index is 13.5. The molecule has 4 nitrogen and oxygen atoms in total. The van der Waals surface area contributed by atoms with Crippen LogP contribution in [0.3, 0.4) is 0 Å². The lowest BCUT2D eigenvalue weighted by molar-refractivity contribution is 0.387. The van der Waals surface area contributed by atoms with E-state index in [2.05, 4.69) is 67.8 Å². The molecule has 0 bridgehead atoms. The zero-order chi connectivity index (χ0) is 23.2. The molecule has 0 unspecified atom stereocenters. The first kappa shape index (κ1) is 21.9. The number of hydrogen-bond acceptors (Lipinski definition) is 2. The van der Waals surface area contributed by atoms with Gasteiger partial charge in [-0.1, -0.05) is 81.4 Å². The molecule has 0 saturated heterocycles. The maximum Gasteiger partial charge on any atom is 0.243 e. The van der Waals surface area contributed by atoms with E-state index in [-0.39, 0.29) is 5.41 Å². The Balaban J connectivity index is 1.50. The van der Waals surface area contributed by atoms with Crippen molar-refractivity contribution in [3.63, 3.8) is 0 Å². The molecule has 33 heavy (non-hydrogen) atoms. The molecule has 170 valence electrons. The van der Waals surface area contributed by atoms with Gasteiger partial charge in [-0.15, -0.1) is 0 Å². The fourth-order valence-electron chi connectivity index (χ4n) is 4.80. The van der Waals surface area contributed by atoms with Crippen molar-refractivity contribution in [3.8, 4) is 0 Å². The topological polar surface area (TPSA) is 42.3 Å².